The summed E-state index contributed by atoms with van der Waals surface area (Å²) < 4.78 is 0. The molecule has 0 radical (unpaired) electrons. The molecule has 0 bridgehead atoms. The number of carbonyl (C=O) groups is 2. The molecule has 0 aliphatic carbocycles. The summed E-state index contributed by atoms with van der Waals surface area (Å²) in [7, 11) is 1.62. The van der Waals surface area contributed by atoms with Crippen LogP contribution in [-0.4, -0.2) is 29.0 Å². The van der Waals surface area contributed by atoms with Crippen molar-refractivity contribution >= 4 is 63.8 Å². The fourth-order valence-electron chi connectivity index (χ4n) is 2.19. The fourth-order valence-corrected chi connectivity index (χ4v) is 3.63. The Balaban J connectivity index is 1.88. The molecule has 0 unspecified atom stereocenters. The Labute approximate surface area is 163 Å². The monoisotopic (exact) mass is 405 g/mol. The normalized spacial score (nSPS) is 17.3. The number of nitrogens with zero attached hydrogens (tertiary/aromatic N) is 2. The van der Waals surface area contributed by atoms with Crippen LogP contribution in [0.4, 0.5) is 5.69 Å². The first-order valence-electron chi connectivity index (χ1n) is 7.38. The third kappa shape index (κ3) is 3.93. The van der Waals surface area contributed by atoms with E-state index >= 15 is 0 Å². The predicted molar refractivity (Wildman–Crippen MR) is 103 cm³/mol. The second-order valence-corrected chi connectivity index (χ2v) is 7.22. The van der Waals surface area contributed by atoms with E-state index in [4.69, 9.17) is 23.2 Å². The standard InChI is InChI=1S/C18H12Cl2N2O3S/c1-22-16(23)15(8-11-2-5-12(19)9-14(11)20)26-18(22)21-13-6-3-10(4-7-13)17(24)25/h2-9H,1H3,(H,24,25)/p-1/b15-8-,21-18?. The topological polar surface area (TPSA) is 72.8 Å². The highest BCUT2D eigenvalue weighted by atomic mass is 35.5. The molecule has 1 saturated heterocycles. The maximum Gasteiger partial charge on any atom is 0.266 e. The van der Waals surface area contributed by atoms with Gasteiger partial charge in [0.15, 0.2) is 5.17 Å². The lowest BCUT2D eigenvalue weighted by atomic mass is 10.2. The summed E-state index contributed by atoms with van der Waals surface area (Å²) in [5.74, 6) is -1.46. The van der Waals surface area contributed by atoms with Crippen molar-refractivity contribution in [3.05, 3.63) is 68.5 Å². The Morgan fingerprint density at radius 3 is 2.50 bits per heavy atom. The van der Waals surface area contributed by atoms with Gasteiger partial charge in [-0.15, -0.1) is 0 Å². The number of likely N-dealkylation sites (N-methyl/N-ethyl adjacent to an activating group) is 1. The van der Waals surface area contributed by atoms with Gasteiger partial charge in [0.1, 0.15) is 0 Å². The molecule has 1 fully saturated rings. The number of carboxylic acid groups (broad SMARTS) is 1. The summed E-state index contributed by atoms with van der Waals surface area (Å²) in [5, 5.41) is 12.2. The van der Waals surface area contributed by atoms with Crippen LogP contribution in [0.15, 0.2) is 52.4 Å². The van der Waals surface area contributed by atoms with E-state index in [1.807, 2.05) is 0 Å². The Morgan fingerprint density at radius 2 is 1.88 bits per heavy atom. The third-order valence-electron chi connectivity index (χ3n) is 3.58. The molecule has 8 heteroatoms. The minimum Gasteiger partial charge on any atom is -0.545 e. The molecule has 1 aliphatic heterocycles. The summed E-state index contributed by atoms with van der Waals surface area (Å²) in [6, 6.07) is 10.9. The van der Waals surface area contributed by atoms with Crippen LogP contribution in [0.1, 0.15) is 15.9 Å². The highest BCUT2D eigenvalue weighted by molar-refractivity contribution is 8.18. The van der Waals surface area contributed by atoms with Crippen LogP contribution in [0.5, 0.6) is 0 Å². The van der Waals surface area contributed by atoms with Crippen LogP contribution in [0, 0.1) is 0 Å². The number of thioether (sulfide) groups is 1. The first-order valence-corrected chi connectivity index (χ1v) is 8.95. The molecule has 3 rings (SSSR count). The van der Waals surface area contributed by atoms with Crippen molar-refractivity contribution in [1.29, 1.82) is 0 Å². The van der Waals surface area contributed by atoms with Crippen molar-refractivity contribution in [2.45, 2.75) is 0 Å². The lowest BCUT2D eigenvalue weighted by Gasteiger charge is -2.07. The predicted octanol–water partition coefficient (Wildman–Crippen LogP) is 3.59. The summed E-state index contributed by atoms with van der Waals surface area (Å²) in [6.45, 7) is 0. The van der Waals surface area contributed by atoms with Crippen molar-refractivity contribution in [2.75, 3.05) is 7.05 Å². The van der Waals surface area contributed by atoms with E-state index in [2.05, 4.69) is 4.99 Å². The Morgan fingerprint density at radius 1 is 1.19 bits per heavy atom. The summed E-state index contributed by atoms with van der Waals surface area (Å²) in [4.78, 5) is 29.5. The largest absolute Gasteiger partial charge is 0.545 e. The molecule has 1 heterocycles. The van der Waals surface area contributed by atoms with Crippen molar-refractivity contribution < 1.29 is 14.7 Å². The second kappa shape index (κ2) is 7.53. The number of amidine groups is 1. The van der Waals surface area contributed by atoms with E-state index in [1.54, 1.807) is 43.5 Å². The number of aromatic carboxylic acids is 1. The fraction of sp³-hybridized carbons (Fsp3) is 0.0556. The maximum absolute atomic E-state index is 12.4. The first-order chi connectivity index (χ1) is 12.3. The lowest BCUT2D eigenvalue weighted by molar-refractivity contribution is -0.255. The van der Waals surface area contributed by atoms with Crippen molar-refractivity contribution in [3.8, 4) is 0 Å². The Hall–Kier alpha value is -2.28. The van der Waals surface area contributed by atoms with Crippen LogP contribution in [0.25, 0.3) is 6.08 Å². The lowest BCUT2D eigenvalue weighted by Crippen LogP contribution is -2.23. The molecule has 2 aromatic rings. The van der Waals surface area contributed by atoms with Crippen molar-refractivity contribution in [1.82, 2.24) is 4.90 Å². The Bertz CT molecular complexity index is 955. The molecule has 0 spiro atoms. The molecule has 1 aliphatic rings. The average Bonchev–Trinajstić information content (AvgIpc) is 2.86. The van der Waals surface area contributed by atoms with Crippen LogP contribution in [0.3, 0.4) is 0 Å². The number of amides is 1. The van der Waals surface area contributed by atoms with Gasteiger partial charge in [0.25, 0.3) is 5.91 Å². The number of aliphatic imine (C=N–C) groups is 1. The SMILES string of the molecule is CN1C(=O)/C(=C/c2ccc(Cl)cc2Cl)SC1=Nc1ccc(C(=O)[O-])cc1. The molecule has 1 amide bonds. The Kier molecular flexibility index (Phi) is 5.36. The first kappa shape index (κ1) is 18.5. The average molecular weight is 406 g/mol. The van der Waals surface area contributed by atoms with Gasteiger partial charge < -0.3 is 9.90 Å². The zero-order valence-electron chi connectivity index (χ0n) is 13.4. The molecule has 0 atom stereocenters. The van der Waals surface area contributed by atoms with E-state index in [9.17, 15) is 14.7 Å². The van der Waals surface area contributed by atoms with Crippen molar-refractivity contribution in [2.24, 2.45) is 4.99 Å². The minimum absolute atomic E-state index is 0.0652. The molecule has 0 aromatic heterocycles. The molecule has 0 N–H and O–H groups in total. The van der Waals surface area contributed by atoms with Gasteiger partial charge in [-0.05, 0) is 53.2 Å². The van der Waals surface area contributed by atoms with E-state index in [-0.39, 0.29) is 11.5 Å². The number of carboxylic acids is 1. The highest BCUT2D eigenvalue weighted by Crippen LogP contribution is 2.34. The van der Waals surface area contributed by atoms with Gasteiger partial charge in [0.2, 0.25) is 0 Å². The molecule has 5 nitrogen and oxygen atoms in total. The molecular formula is C18H11Cl2N2O3S-. The molecule has 26 heavy (non-hydrogen) atoms. The van der Waals surface area contributed by atoms with Gasteiger partial charge in [0, 0.05) is 17.1 Å². The number of hydrogen-bond acceptors (Lipinski definition) is 5. The van der Waals surface area contributed by atoms with Crippen LogP contribution in [-0.2, 0) is 4.79 Å². The van der Waals surface area contributed by atoms with Crippen LogP contribution in [0.2, 0.25) is 10.0 Å². The number of benzene rings is 2. The van der Waals surface area contributed by atoms with Gasteiger partial charge in [-0.1, -0.05) is 41.4 Å². The third-order valence-corrected chi connectivity index (χ3v) is 5.20. The number of halogens is 2. The van der Waals surface area contributed by atoms with Gasteiger partial charge >= 0.3 is 0 Å². The minimum atomic E-state index is -1.25. The smallest absolute Gasteiger partial charge is 0.266 e. The number of carbonyl (C=O) groups excluding carboxylic acids is 2. The zero-order chi connectivity index (χ0) is 18.8. The van der Waals surface area contributed by atoms with E-state index in [0.29, 0.717) is 31.4 Å². The summed E-state index contributed by atoms with van der Waals surface area (Å²) >= 11 is 13.2. The number of hydrogen-bond donors (Lipinski definition) is 0. The molecule has 0 saturated carbocycles. The van der Waals surface area contributed by atoms with Crippen molar-refractivity contribution in [3.63, 3.8) is 0 Å². The quantitative estimate of drug-likeness (QED) is 0.731. The number of rotatable bonds is 3. The van der Waals surface area contributed by atoms with Gasteiger partial charge in [-0.2, -0.15) is 0 Å². The van der Waals surface area contributed by atoms with Crippen LogP contribution < -0.4 is 5.11 Å². The molecule has 132 valence electrons. The maximum atomic E-state index is 12.4. The van der Waals surface area contributed by atoms with Gasteiger partial charge in [-0.25, -0.2) is 4.99 Å². The molecular weight excluding hydrogens is 395 g/mol. The van der Waals surface area contributed by atoms with E-state index in [0.717, 1.165) is 0 Å². The van der Waals surface area contributed by atoms with Gasteiger partial charge in [-0.3, -0.25) is 9.69 Å². The zero-order valence-corrected chi connectivity index (χ0v) is 15.7. The van der Waals surface area contributed by atoms with E-state index in [1.165, 1.54) is 28.8 Å². The summed E-state index contributed by atoms with van der Waals surface area (Å²) in [5.41, 5.74) is 1.28. The summed E-state index contributed by atoms with van der Waals surface area (Å²) in [6.07, 6.45) is 1.68. The van der Waals surface area contributed by atoms with Crippen LogP contribution >= 0.6 is 35.0 Å². The van der Waals surface area contributed by atoms with E-state index < -0.39 is 5.97 Å². The van der Waals surface area contributed by atoms with Gasteiger partial charge in [0.05, 0.1) is 16.6 Å². The highest BCUT2D eigenvalue weighted by Gasteiger charge is 2.30. The second-order valence-electron chi connectivity index (χ2n) is 5.37. The molecule has 2 aromatic carbocycles.